The minimum atomic E-state index is -0.442. The van der Waals surface area contributed by atoms with Crippen LogP contribution in [-0.2, 0) is 11.2 Å². The summed E-state index contributed by atoms with van der Waals surface area (Å²) in [5.41, 5.74) is 2.70. The molecule has 1 aromatic heterocycles. The highest BCUT2D eigenvalue weighted by molar-refractivity contribution is 7.14. The molecule has 3 aromatic rings. The van der Waals surface area contributed by atoms with Gasteiger partial charge >= 0.3 is 6.03 Å². The van der Waals surface area contributed by atoms with E-state index in [0.29, 0.717) is 32.2 Å². The number of halogens is 2. The zero-order valence-electron chi connectivity index (χ0n) is 14.8. The Morgan fingerprint density at radius 1 is 1.04 bits per heavy atom. The number of nitrogens with one attached hydrogen (secondary N) is 3. The van der Waals surface area contributed by atoms with Crippen molar-refractivity contribution in [2.75, 3.05) is 16.0 Å². The Balaban J connectivity index is 1.55. The van der Waals surface area contributed by atoms with Gasteiger partial charge in [0.25, 0.3) is 0 Å². The Bertz CT molecular complexity index is 1020. The first kappa shape index (κ1) is 20.1. The van der Waals surface area contributed by atoms with E-state index in [0.717, 1.165) is 5.56 Å². The van der Waals surface area contributed by atoms with Crippen LogP contribution in [0.4, 0.5) is 21.3 Å². The van der Waals surface area contributed by atoms with Crippen LogP contribution in [0.15, 0.2) is 47.8 Å². The summed E-state index contributed by atoms with van der Waals surface area (Å²) in [4.78, 5) is 28.6. The lowest BCUT2D eigenvalue weighted by Gasteiger charge is -2.08. The number of rotatable bonds is 5. The van der Waals surface area contributed by atoms with Crippen molar-refractivity contribution in [2.24, 2.45) is 0 Å². The first-order chi connectivity index (χ1) is 13.4. The fraction of sp³-hybridized carbons (Fsp3) is 0.105. The maximum absolute atomic E-state index is 12.2. The smallest absolute Gasteiger partial charge is 0.325 e. The van der Waals surface area contributed by atoms with Crippen molar-refractivity contribution in [1.82, 2.24) is 4.98 Å². The summed E-state index contributed by atoms with van der Waals surface area (Å²) in [5, 5.41) is 11.3. The molecule has 144 valence electrons. The number of nitrogens with zero attached hydrogens (tertiary/aromatic N) is 1. The van der Waals surface area contributed by atoms with Crippen LogP contribution >= 0.6 is 34.5 Å². The average molecular weight is 435 g/mol. The molecule has 0 unspecified atom stereocenters. The van der Waals surface area contributed by atoms with Gasteiger partial charge in [-0.3, -0.25) is 10.1 Å². The van der Waals surface area contributed by atoms with Gasteiger partial charge in [-0.2, -0.15) is 0 Å². The number of amides is 3. The molecular formula is C19H16Cl2N4O2S. The van der Waals surface area contributed by atoms with Crippen LogP contribution in [0.25, 0.3) is 0 Å². The van der Waals surface area contributed by atoms with Crippen LogP contribution in [0.2, 0.25) is 10.0 Å². The van der Waals surface area contributed by atoms with E-state index < -0.39 is 6.03 Å². The van der Waals surface area contributed by atoms with Gasteiger partial charge in [-0.1, -0.05) is 35.3 Å². The number of hydrogen-bond donors (Lipinski definition) is 3. The van der Waals surface area contributed by atoms with Crippen molar-refractivity contribution < 1.29 is 9.59 Å². The van der Waals surface area contributed by atoms with Gasteiger partial charge in [-0.25, -0.2) is 9.78 Å². The normalized spacial score (nSPS) is 10.4. The lowest BCUT2D eigenvalue weighted by atomic mass is 10.2. The van der Waals surface area contributed by atoms with Crippen LogP contribution < -0.4 is 16.0 Å². The average Bonchev–Trinajstić information content (AvgIpc) is 3.04. The predicted octanol–water partition coefficient (Wildman–Crippen LogP) is 5.58. The van der Waals surface area contributed by atoms with E-state index in [4.69, 9.17) is 23.2 Å². The molecule has 0 aliphatic heterocycles. The molecule has 0 saturated heterocycles. The van der Waals surface area contributed by atoms with Gasteiger partial charge < -0.3 is 10.6 Å². The van der Waals surface area contributed by atoms with Gasteiger partial charge in [0, 0.05) is 26.8 Å². The molecule has 3 N–H and O–H groups in total. The number of anilines is 3. The van der Waals surface area contributed by atoms with Gasteiger partial charge in [0.2, 0.25) is 5.91 Å². The number of benzene rings is 2. The van der Waals surface area contributed by atoms with Gasteiger partial charge in [-0.05, 0) is 42.8 Å². The van der Waals surface area contributed by atoms with Crippen LogP contribution in [0, 0.1) is 6.92 Å². The monoisotopic (exact) mass is 434 g/mol. The number of aryl methyl sites for hydroxylation is 1. The van der Waals surface area contributed by atoms with E-state index in [1.54, 1.807) is 41.8 Å². The minimum Gasteiger partial charge on any atom is -0.325 e. The lowest BCUT2D eigenvalue weighted by Crippen LogP contribution is -2.19. The maximum atomic E-state index is 12.2. The predicted molar refractivity (Wildman–Crippen MR) is 115 cm³/mol. The molecule has 28 heavy (non-hydrogen) atoms. The second-order valence-electron chi connectivity index (χ2n) is 5.92. The summed E-state index contributed by atoms with van der Waals surface area (Å²) in [6.45, 7) is 1.88. The molecule has 6 nitrogen and oxygen atoms in total. The molecule has 2 aromatic carbocycles. The van der Waals surface area contributed by atoms with Crippen LogP contribution in [-0.4, -0.2) is 16.9 Å². The Hall–Kier alpha value is -2.61. The van der Waals surface area contributed by atoms with Gasteiger partial charge in [0.1, 0.15) is 0 Å². The van der Waals surface area contributed by atoms with Crippen molar-refractivity contribution >= 4 is 63.0 Å². The van der Waals surface area contributed by atoms with Crippen molar-refractivity contribution in [3.8, 4) is 0 Å². The standard InChI is InChI=1S/C19H16Cl2N4O2S/c1-11-5-6-13(21)8-16(11)24-17(26)9-15-10-28-19(23-15)25-18(27)22-14-4-2-3-12(20)7-14/h2-8,10H,9H2,1H3,(H,24,26)(H2,22,23,25,27). The fourth-order valence-electron chi connectivity index (χ4n) is 2.36. The lowest BCUT2D eigenvalue weighted by molar-refractivity contribution is -0.115. The minimum absolute atomic E-state index is 0.0834. The zero-order chi connectivity index (χ0) is 20.1. The number of carbonyl (C=O) groups excluding carboxylic acids is 2. The molecule has 9 heteroatoms. The molecule has 0 saturated carbocycles. The third-order valence-electron chi connectivity index (χ3n) is 3.67. The Labute approximate surface area is 175 Å². The largest absolute Gasteiger partial charge is 0.325 e. The summed E-state index contributed by atoms with van der Waals surface area (Å²) in [6.07, 6.45) is 0.0834. The number of carbonyl (C=O) groups is 2. The van der Waals surface area contributed by atoms with E-state index >= 15 is 0 Å². The third-order valence-corrected chi connectivity index (χ3v) is 4.95. The number of thiazole rings is 1. The molecule has 0 spiro atoms. The van der Waals surface area contributed by atoms with Gasteiger partial charge in [0.15, 0.2) is 5.13 Å². The highest BCUT2D eigenvalue weighted by atomic mass is 35.5. The third kappa shape index (κ3) is 5.69. The van der Waals surface area contributed by atoms with E-state index in [1.807, 2.05) is 13.0 Å². The van der Waals surface area contributed by atoms with Crippen molar-refractivity contribution in [3.63, 3.8) is 0 Å². The van der Waals surface area contributed by atoms with Crippen molar-refractivity contribution in [2.45, 2.75) is 13.3 Å². The van der Waals surface area contributed by atoms with Crippen LogP contribution in [0.5, 0.6) is 0 Å². The molecule has 0 radical (unpaired) electrons. The SMILES string of the molecule is Cc1ccc(Cl)cc1NC(=O)Cc1csc(NC(=O)Nc2cccc(Cl)c2)n1. The molecule has 0 bridgehead atoms. The van der Waals surface area contributed by atoms with Gasteiger partial charge in [-0.15, -0.1) is 11.3 Å². The fourth-order valence-corrected chi connectivity index (χ4v) is 3.43. The molecule has 0 atom stereocenters. The van der Waals surface area contributed by atoms with E-state index in [2.05, 4.69) is 20.9 Å². The molecule has 0 aliphatic carbocycles. The molecule has 0 aliphatic rings. The highest BCUT2D eigenvalue weighted by Crippen LogP contribution is 2.21. The topological polar surface area (TPSA) is 83.1 Å². The highest BCUT2D eigenvalue weighted by Gasteiger charge is 2.11. The second-order valence-corrected chi connectivity index (χ2v) is 7.65. The van der Waals surface area contributed by atoms with Crippen LogP contribution in [0.3, 0.4) is 0 Å². The summed E-state index contributed by atoms with van der Waals surface area (Å²) in [5.74, 6) is -0.217. The molecule has 1 heterocycles. The zero-order valence-corrected chi connectivity index (χ0v) is 17.1. The second kappa shape index (κ2) is 9.05. The molecular weight excluding hydrogens is 419 g/mol. The van der Waals surface area contributed by atoms with E-state index in [1.165, 1.54) is 11.3 Å². The molecule has 3 amide bonds. The number of aromatic nitrogens is 1. The molecule has 0 fully saturated rings. The van der Waals surface area contributed by atoms with Gasteiger partial charge in [0.05, 0.1) is 12.1 Å². The van der Waals surface area contributed by atoms with Crippen molar-refractivity contribution in [1.29, 1.82) is 0 Å². The Morgan fingerprint density at radius 2 is 1.82 bits per heavy atom. The van der Waals surface area contributed by atoms with E-state index in [9.17, 15) is 9.59 Å². The first-order valence-corrected chi connectivity index (χ1v) is 9.86. The quantitative estimate of drug-likeness (QED) is 0.489. The number of urea groups is 1. The number of hydrogen-bond acceptors (Lipinski definition) is 4. The van der Waals surface area contributed by atoms with Crippen LogP contribution in [0.1, 0.15) is 11.3 Å². The maximum Gasteiger partial charge on any atom is 0.325 e. The first-order valence-electron chi connectivity index (χ1n) is 8.23. The Morgan fingerprint density at radius 3 is 2.61 bits per heavy atom. The summed E-state index contributed by atoms with van der Waals surface area (Å²) in [7, 11) is 0. The van der Waals surface area contributed by atoms with E-state index in [-0.39, 0.29) is 12.3 Å². The summed E-state index contributed by atoms with van der Waals surface area (Å²) in [6, 6.07) is 11.7. The molecule has 3 rings (SSSR count). The Kier molecular flexibility index (Phi) is 6.51. The van der Waals surface area contributed by atoms with Crippen molar-refractivity contribution in [3.05, 3.63) is 69.1 Å². The summed E-state index contributed by atoms with van der Waals surface area (Å²) >= 11 is 13.1. The summed E-state index contributed by atoms with van der Waals surface area (Å²) < 4.78 is 0.